The molecule has 2 nitrogen and oxygen atoms in total. The number of nitrogens with zero attached hydrogens (tertiary/aromatic N) is 1. The Kier molecular flexibility index (Phi) is 3.32. The number of benzene rings is 1. The van der Waals surface area contributed by atoms with Gasteiger partial charge in [0, 0.05) is 11.3 Å². The minimum absolute atomic E-state index is 0.510. The van der Waals surface area contributed by atoms with Crippen LogP contribution in [0.15, 0.2) is 29.6 Å². The van der Waals surface area contributed by atoms with Crippen LogP contribution < -0.4 is 5.32 Å². The number of hydrogen-bond donors (Lipinski definition) is 1. The molecular formula is C17H20N2S. The summed E-state index contributed by atoms with van der Waals surface area (Å²) in [6.45, 7) is 1.15. The van der Waals surface area contributed by atoms with E-state index in [2.05, 4.69) is 35.0 Å². The molecule has 1 fully saturated rings. The largest absolute Gasteiger partial charge is 0.309 e. The molecule has 2 aromatic rings. The van der Waals surface area contributed by atoms with Gasteiger partial charge in [-0.05, 0) is 49.8 Å². The van der Waals surface area contributed by atoms with Gasteiger partial charge in [-0.15, -0.1) is 11.3 Å². The van der Waals surface area contributed by atoms with Crippen LogP contribution in [0.2, 0.25) is 0 Å². The number of fused-ring (bicyclic) bond motifs is 1. The molecule has 2 heterocycles. The molecule has 1 aliphatic carbocycles. The van der Waals surface area contributed by atoms with Gasteiger partial charge in [-0.1, -0.05) is 24.3 Å². The van der Waals surface area contributed by atoms with Crippen molar-refractivity contribution in [3.8, 4) is 0 Å². The number of nitrogens with one attached hydrogen (secondary N) is 1. The van der Waals surface area contributed by atoms with E-state index < -0.39 is 0 Å². The van der Waals surface area contributed by atoms with Gasteiger partial charge in [0.05, 0.1) is 16.7 Å². The lowest BCUT2D eigenvalue weighted by atomic mass is 9.84. The highest BCUT2D eigenvalue weighted by Crippen LogP contribution is 2.35. The van der Waals surface area contributed by atoms with Crippen LogP contribution in [0.5, 0.6) is 0 Å². The zero-order valence-corrected chi connectivity index (χ0v) is 12.5. The van der Waals surface area contributed by atoms with Crippen molar-refractivity contribution in [2.75, 3.05) is 6.54 Å². The number of rotatable bonds is 2. The second-order valence-electron chi connectivity index (χ2n) is 5.97. The Bertz CT molecular complexity index is 599. The Balaban J connectivity index is 1.54. The fourth-order valence-electron chi connectivity index (χ4n) is 3.49. The van der Waals surface area contributed by atoms with Crippen molar-refractivity contribution in [2.45, 2.75) is 44.1 Å². The first-order chi connectivity index (χ1) is 9.90. The molecule has 0 saturated carbocycles. The van der Waals surface area contributed by atoms with Gasteiger partial charge in [-0.2, -0.15) is 0 Å². The second kappa shape index (κ2) is 5.30. The van der Waals surface area contributed by atoms with E-state index in [0.717, 1.165) is 6.54 Å². The first-order valence-corrected chi connectivity index (χ1v) is 8.53. The van der Waals surface area contributed by atoms with Gasteiger partial charge in [0.15, 0.2) is 0 Å². The van der Waals surface area contributed by atoms with Gasteiger partial charge >= 0.3 is 0 Å². The number of hydrogen-bond acceptors (Lipinski definition) is 3. The van der Waals surface area contributed by atoms with Gasteiger partial charge in [-0.3, -0.25) is 0 Å². The van der Waals surface area contributed by atoms with E-state index in [-0.39, 0.29) is 0 Å². The lowest BCUT2D eigenvalue weighted by molar-refractivity contribution is 0.572. The summed E-state index contributed by atoms with van der Waals surface area (Å²) in [6.07, 6.45) is 6.16. The molecule has 1 aliphatic heterocycles. The van der Waals surface area contributed by atoms with Gasteiger partial charge in [0.1, 0.15) is 0 Å². The maximum Gasteiger partial charge on any atom is 0.0963 e. The van der Waals surface area contributed by atoms with Crippen LogP contribution in [0.25, 0.3) is 0 Å². The SMILES string of the molecule is c1ccc2c(c1)CCC(c1nc([C@@H]3CCCN3)cs1)C2. The third-order valence-corrected chi connectivity index (χ3v) is 5.68. The van der Waals surface area contributed by atoms with Crippen molar-refractivity contribution in [1.82, 2.24) is 10.3 Å². The minimum Gasteiger partial charge on any atom is -0.309 e. The molecule has 2 aliphatic rings. The van der Waals surface area contributed by atoms with Crippen molar-refractivity contribution in [3.63, 3.8) is 0 Å². The first kappa shape index (κ1) is 12.5. The average molecular weight is 284 g/mol. The Morgan fingerprint density at radius 1 is 1.15 bits per heavy atom. The van der Waals surface area contributed by atoms with E-state index in [0.29, 0.717) is 12.0 Å². The molecule has 1 aromatic carbocycles. The third-order valence-electron chi connectivity index (χ3n) is 4.65. The van der Waals surface area contributed by atoms with Crippen LogP contribution in [0.3, 0.4) is 0 Å². The number of aryl methyl sites for hydroxylation is 1. The van der Waals surface area contributed by atoms with E-state index in [1.165, 1.54) is 53.9 Å². The second-order valence-corrected chi connectivity index (χ2v) is 6.86. The smallest absolute Gasteiger partial charge is 0.0963 e. The molecule has 3 heteroatoms. The van der Waals surface area contributed by atoms with Crippen LogP contribution in [0, 0.1) is 0 Å². The Morgan fingerprint density at radius 3 is 2.90 bits per heavy atom. The minimum atomic E-state index is 0.510. The van der Waals surface area contributed by atoms with E-state index in [4.69, 9.17) is 4.98 Å². The van der Waals surface area contributed by atoms with Crippen molar-refractivity contribution in [2.24, 2.45) is 0 Å². The Morgan fingerprint density at radius 2 is 2.05 bits per heavy atom. The van der Waals surface area contributed by atoms with Crippen LogP contribution in [-0.4, -0.2) is 11.5 Å². The molecule has 1 saturated heterocycles. The van der Waals surface area contributed by atoms with Crippen LogP contribution >= 0.6 is 11.3 Å². The number of aromatic nitrogens is 1. The standard InChI is InChI=1S/C17H20N2S/c1-2-5-13-10-14(8-7-12(13)4-1)17-19-16(11-20-17)15-6-3-9-18-15/h1-2,4-5,11,14-15,18H,3,6-10H2/t14?,15-/m0/s1. The zero-order chi connectivity index (χ0) is 13.4. The van der Waals surface area contributed by atoms with Gasteiger partial charge in [-0.25, -0.2) is 4.98 Å². The van der Waals surface area contributed by atoms with Crippen molar-refractivity contribution in [3.05, 3.63) is 51.5 Å². The maximum absolute atomic E-state index is 4.94. The summed E-state index contributed by atoms with van der Waals surface area (Å²) in [5.41, 5.74) is 4.35. The summed E-state index contributed by atoms with van der Waals surface area (Å²) in [5.74, 6) is 0.630. The molecule has 4 rings (SSSR count). The molecule has 0 amide bonds. The fraction of sp³-hybridized carbons (Fsp3) is 0.471. The molecule has 2 atom stereocenters. The average Bonchev–Trinajstić information content (AvgIpc) is 3.17. The molecular weight excluding hydrogens is 264 g/mol. The summed E-state index contributed by atoms with van der Waals surface area (Å²) in [4.78, 5) is 4.94. The highest BCUT2D eigenvalue weighted by Gasteiger charge is 2.24. The summed E-state index contributed by atoms with van der Waals surface area (Å²) in [5, 5.41) is 7.18. The lowest BCUT2D eigenvalue weighted by Crippen LogP contribution is -2.15. The lowest BCUT2D eigenvalue weighted by Gasteiger charge is -2.22. The molecule has 1 unspecified atom stereocenters. The molecule has 1 N–H and O–H groups in total. The predicted octanol–water partition coefficient (Wildman–Crippen LogP) is 3.84. The van der Waals surface area contributed by atoms with E-state index >= 15 is 0 Å². The summed E-state index contributed by atoms with van der Waals surface area (Å²) >= 11 is 1.87. The zero-order valence-electron chi connectivity index (χ0n) is 11.6. The summed E-state index contributed by atoms with van der Waals surface area (Å²) in [7, 11) is 0. The summed E-state index contributed by atoms with van der Waals surface area (Å²) in [6, 6.07) is 9.40. The summed E-state index contributed by atoms with van der Waals surface area (Å²) < 4.78 is 0. The highest BCUT2D eigenvalue weighted by molar-refractivity contribution is 7.09. The monoisotopic (exact) mass is 284 g/mol. The van der Waals surface area contributed by atoms with Crippen LogP contribution in [0.4, 0.5) is 0 Å². The van der Waals surface area contributed by atoms with Crippen molar-refractivity contribution in [1.29, 1.82) is 0 Å². The third kappa shape index (κ3) is 2.29. The molecule has 0 spiro atoms. The van der Waals surface area contributed by atoms with Gasteiger partial charge < -0.3 is 5.32 Å². The molecule has 1 aromatic heterocycles. The van der Waals surface area contributed by atoms with Crippen LogP contribution in [-0.2, 0) is 12.8 Å². The normalized spacial score (nSPS) is 25.6. The molecule has 0 radical (unpaired) electrons. The van der Waals surface area contributed by atoms with E-state index in [1.807, 2.05) is 11.3 Å². The molecule has 20 heavy (non-hydrogen) atoms. The van der Waals surface area contributed by atoms with E-state index in [1.54, 1.807) is 0 Å². The number of thiazole rings is 1. The molecule has 0 bridgehead atoms. The van der Waals surface area contributed by atoms with Crippen molar-refractivity contribution >= 4 is 11.3 Å². The predicted molar refractivity (Wildman–Crippen MR) is 83.3 cm³/mol. The quantitative estimate of drug-likeness (QED) is 0.906. The first-order valence-electron chi connectivity index (χ1n) is 7.65. The Labute approximate surface area is 124 Å². The fourth-order valence-corrected chi connectivity index (χ4v) is 4.50. The van der Waals surface area contributed by atoms with Crippen LogP contribution in [0.1, 0.15) is 53.1 Å². The van der Waals surface area contributed by atoms with E-state index in [9.17, 15) is 0 Å². The van der Waals surface area contributed by atoms with Gasteiger partial charge in [0.25, 0.3) is 0 Å². The molecule has 104 valence electrons. The highest BCUT2D eigenvalue weighted by atomic mass is 32.1. The Hall–Kier alpha value is -1.19. The maximum atomic E-state index is 4.94. The van der Waals surface area contributed by atoms with Crippen molar-refractivity contribution < 1.29 is 0 Å². The topological polar surface area (TPSA) is 24.9 Å². The van der Waals surface area contributed by atoms with Gasteiger partial charge in [0.2, 0.25) is 0 Å².